The maximum absolute atomic E-state index is 15.7. The van der Waals surface area contributed by atoms with E-state index in [9.17, 15) is 14.0 Å². The van der Waals surface area contributed by atoms with Crippen LogP contribution in [-0.4, -0.2) is 52.4 Å². The second-order valence-electron chi connectivity index (χ2n) is 12.1. The number of halogens is 2. The number of fused-ring (bicyclic) bond motifs is 1. The van der Waals surface area contributed by atoms with E-state index in [1.165, 1.54) is 32.4 Å². The molecule has 5 aromatic rings. The highest BCUT2D eigenvalue weighted by Crippen LogP contribution is 2.27. The second kappa shape index (κ2) is 14.6. The molecule has 0 radical (unpaired) electrons. The summed E-state index contributed by atoms with van der Waals surface area (Å²) in [6, 6.07) is 18.7. The molecule has 10 nitrogen and oxygen atoms in total. The predicted octanol–water partition coefficient (Wildman–Crippen LogP) is 7.24. The van der Waals surface area contributed by atoms with E-state index in [4.69, 9.17) is 30.5 Å². The quantitative estimate of drug-likeness (QED) is 0.107. The number of esters is 2. The van der Waals surface area contributed by atoms with Crippen LogP contribution in [0.3, 0.4) is 0 Å². The molecule has 0 N–H and O–H groups in total. The lowest BCUT2D eigenvalue weighted by Gasteiger charge is -2.19. The van der Waals surface area contributed by atoms with Gasteiger partial charge in [-0.3, -0.25) is 0 Å². The van der Waals surface area contributed by atoms with Gasteiger partial charge in [0.1, 0.15) is 29.7 Å². The largest absolute Gasteiger partial charge is 0.473 e. The Bertz CT molecular complexity index is 2060. The van der Waals surface area contributed by atoms with Gasteiger partial charge in [0.05, 0.1) is 42.5 Å². The first-order valence-corrected chi connectivity index (χ1v) is 15.3. The molecule has 5 rings (SSSR count). The number of ether oxygens (including phenoxy) is 4. The molecular formula is C37H34F2N4O6. The standard InChI is InChI=1S/C37H34F2N4O6/c1-37(2,3)49-35(44)24-13-15-30-31(17-24)43(20-32(46-5)36(45)47-6)33(41-30)18-22-10-11-23(16-27(22)38)29-8-7-9-34(42-29)48-21-25-12-14-26(40-4)19-28(25)39/h7-17,19,32H,18,20-21H2,1-3,5-6H3. The molecule has 0 aliphatic rings. The lowest BCUT2D eigenvalue weighted by Crippen LogP contribution is -2.30. The Morgan fingerprint density at radius 3 is 2.37 bits per heavy atom. The SMILES string of the molecule is [C-]#[N+]c1ccc(COc2cccc(-c3ccc(Cc4nc5ccc(C(=O)OC(C)(C)C)cc5n4CC(OC)C(=O)OC)c(F)c3)n2)c(F)c1. The molecule has 0 saturated carbocycles. The van der Waals surface area contributed by atoms with Crippen molar-refractivity contribution < 1.29 is 37.3 Å². The Labute approximate surface area is 282 Å². The third-order valence-electron chi connectivity index (χ3n) is 7.52. The summed E-state index contributed by atoms with van der Waals surface area (Å²) in [7, 11) is 2.64. The topological polar surface area (TPSA) is 106 Å². The molecule has 0 spiro atoms. The molecule has 0 aliphatic carbocycles. The van der Waals surface area contributed by atoms with Gasteiger partial charge in [-0.1, -0.05) is 30.3 Å². The Hall–Kier alpha value is -5.67. The fourth-order valence-corrected chi connectivity index (χ4v) is 5.07. The molecule has 0 fully saturated rings. The van der Waals surface area contributed by atoms with Crippen LogP contribution in [0.15, 0.2) is 72.8 Å². The predicted molar refractivity (Wildman–Crippen MR) is 177 cm³/mol. The number of nitrogens with zero attached hydrogens (tertiary/aromatic N) is 4. The minimum atomic E-state index is -0.992. The monoisotopic (exact) mass is 668 g/mol. The Morgan fingerprint density at radius 2 is 1.69 bits per heavy atom. The molecule has 2 heterocycles. The maximum atomic E-state index is 15.7. The molecule has 1 unspecified atom stereocenters. The van der Waals surface area contributed by atoms with Crippen molar-refractivity contribution in [2.75, 3.05) is 14.2 Å². The number of rotatable bonds is 11. The second-order valence-corrected chi connectivity index (χ2v) is 12.1. The van der Waals surface area contributed by atoms with E-state index in [-0.39, 0.29) is 36.7 Å². The number of imidazole rings is 1. The van der Waals surface area contributed by atoms with Gasteiger partial charge in [-0.25, -0.2) is 33.2 Å². The zero-order chi connectivity index (χ0) is 35.3. The fourth-order valence-electron chi connectivity index (χ4n) is 5.07. The number of benzene rings is 3. The Kier molecular flexibility index (Phi) is 10.3. The summed E-state index contributed by atoms with van der Waals surface area (Å²) in [5.74, 6) is -1.55. The number of hydrogen-bond acceptors (Lipinski definition) is 8. The van der Waals surface area contributed by atoms with Crippen molar-refractivity contribution in [3.05, 3.63) is 118 Å². The number of carbonyl (C=O) groups excluding carboxylic acids is 2. The molecule has 1 atom stereocenters. The molecular weight excluding hydrogens is 634 g/mol. The first kappa shape index (κ1) is 34.7. The minimum Gasteiger partial charge on any atom is -0.473 e. The van der Waals surface area contributed by atoms with Crippen molar-refractivity contribution in [1.29, 1.82) is 0 Å². The summed E-state index contributed by atoms with van der Waals surface area (Å²) in [5.41, 5.74) is 2.36. The van der Waals surface area contributed by atoms with Crippen LogP contribution in [0.5, 0.6) is 5.88 Å². The number of aromatic nitrogens is 3. The van der Waals surface area contributed by atoms with Crippen molar-refractivity contribution in [1.82, 2.24) is 14.5 Å². The minimum absolute atomic E-state index is 0.00318. The van der Waals surface area contributed by atoms with Crippen molar-refractivity contribution in [2.45, 2.75) is 52.0 Å². The number of methoxy groups -OCH3 is 2. The van der Waals surface area contributed by atoms with Crippen LogP contribution >= 0.6 is 0 Å². The van der Waals surface area contributed by atoms with Crippen LogP contribution in [-0.2, 0) is 38.6 Å². The van der Waals surface area contributed by atoms with Gasteiger partial charge in [0, 0.05) is 30.7 Å². The van der Waals surface area contributed by atoms with E-state index in [0.29, 0.717) is 39.2 Å². The Morgan fingerprint density at radius 1 is 0.939 bits per heavy atom. The molecule has 0 saturated heterocycles. The summed E-state index contributed by atoms with van der Waals surface area (Å²) in [5, 5.41) is 0. The van der Waals surface area contributed by atoms with E-state index in [1.807, 2.05) is 0 Å². The van der Waals surface area contributed by atoms with Gasteiger partial charge in [0.25, 0.3) is 0 Å². The van der Waals surface area contributed by atoms with Crippen LogP contribution in [0.25, 0.3) is 27.1 Å². The smallest absolute Gasteiger partial charge is 0.338 e. The van der Waals surface area contributed by atoms with Crippen molar-refractivity contribution in [2.24, 2.45) is 0 Å². The highest BCUT2D eigenvalue weighted by Gasteiger charge is 2.25. The van der Waals surface area contributed by atoms with Gasteiger partial charge in [-0.05, 0) is 62.7 Å². The van der Waals surface area contributed by atoms with Crippen LogP contribution in [0.2, 0.25) is 0 Å². The number of pyridine rings is 1. The van der Waals surface area contributed by atoms with Crippen LogP contribution in [0.4, 0.5) is 14.5 Å². The molecule has 0 amide bonds. The number of carbonyl (C=O) groups is 2. The number of hydrogen-bond donors (Lipinski definition) is 0. The van der Waals surface area contributed by atoms with Gasteiger partial charge in [0.2, 0.25) is 5.88 Å². The molecule has 2 aromatic heterocycles. The highest BCUT2D eigenvalue weighted by atomic mass is 19.1. The van der Waals surface area contributed by atoms with Gasteiger partial charge >= 0.3 is 11.9 Å². The highest BCUT2D eigenvalue weighted by molar-refractivity contribution is 5.94. The third-order valence-corrected chi connectivity index (χ3v) is 7.52. The van der Waals surface area contributed by atoms with E-state index in [1.54, 1.807) is 73.9 Å². The van der Waals surface area contributed by atoms with Crippen molar-refractivity contribution in [3.8, 4) is 17.1 Å². The molecule has 252 valence electrons. The van der Waals surface area contributed by atoms with Crippen molar-refractivity contribution >= 4 is 28.7 Å². The van der Waals surface area contributed by atoms with Crippen LogP contribution in [0, 0.1) is 18.2 Å². The zero-order valence-electron chi connectivity index (χ0n) is 27.6. The van der Waals surface area contributed by atoms with Gasteiger partial charge in [-0.2, -0.15) is 0 Å². The normalized spacial score (nSPS) is 12.0. The molecule has 0 bridgehead atoms. The molecule has 49 heavy (non-hydrogen) atoms. The van der Waals surface area contributed by atoms with Crippen molar-refractivity contribution in [3.63, 3.8) is 0 Å². The maximum Gasteiger partial charge on any atom is 0.338 e. The van der Waals surface area contributed by atoms with Crippen LogP contribution in [0.1, 0.15) is 48.1 Å². The Balaban J connectivity index is 1.42. The summed E-state index contributed by atoms with van der Waals surface area (Å²) >= 11 is 0. The average molecular weight is 669 g/mol. The lowest BCUT2D eigenvalue weighted by molar-refractivity contribution is -0.153. The van der Waals surface area contributed by atoms with E-state index in [0.717, 1.165) is 6.07 Å². The molecule has 0 aliphatic heterocycles. The lowest BCUT2D eigenvalue weighted by atomic mass is 10.1. The summed E-state index contributed by atoms with van der Waals surface area (Å²) in [6.07, 6.45) is -0.942. The first-order valence-electron chi connectivity index (χ1n) is 15.3. The van der Waals surface area contributed by atoms with E-state index < -0.39 is 35.3 Å². The molecule has 3 aromatic carbocycles. The fraction of sp³-hybridized carbons (Fsp3) is 0.270. The zero-order valence-corrected chi connectivity index (χ0v) is 27.6. The summed E-state index contributed by atoms with van der Waals surface area (Å²) in [6.45, 7) is 12.2. The van der Waals surface area contributed by atoms with Gasteiger partial charge < -0.3 is 23.5 Å². The third kappa shape index (κ3) is 8.25. The van der Waals surface area contributed by atoms with E-state index >= 15 is 4.39 Å². The van der Waals surface area contributed by atoms with E-state index in [2.05, 4.69) is 9.83 Å². The summed E-state index contributed by atoms with van der Waals surface area (Å²) in [4.78, 5) is 37.7. The van der Waals surface area contributed by atoms with Gasteiger partial charge in [0.15, 0.2) is 11.8 Å². The van der Waals surface area contributed by atoms with Gasteiger partial charge in [-0.15, -0.1) is 0 Å². The summed E-state index contributed by atoms with van der Waals surface area (Å²) < 4.78 is 53.2. The molecule has 12 heteroatoms. The average Bonchev–Trinajstić information content (AvgIpc) is 3.42. The first-order chi connectivity index (χ1) is 23.4. The van der Waals surface area contributed by atoms with Crippen LogP contribution < -0.4 is 4.74 Å².